The molecule has 5 heteroatoms. The first-order valence-electron chi connectivity index (χ1n) is 8.34. The van der Waals surface area contributed by atoms with Crippen LogP contribution in [0.1, 0.15) is 49.2 Å². The van der Waals surface area contributed by atoms with Crippen molar-refractivity contribution in [1.82, 2.24) is 19.3 Å². The average Bonchev–Trinajstić information content (AvgIpc) is 2.90. The van der Waals surface area contributed by atoms with E-state index in [4.69, 9.17) is 0 Å². The third kappa shape index (κ3) is 3.31. The molecule has 120 valence electrons. The summed E-state index contributed by atoms with van der Waals surface area (Å²) >= 11 is 0. The molecular formula is C17H26N4O. The summed E-state index contributed by atoms with van der Waals surface area (Å²) in [5.41, 5.74) is 3.20. The molecule has 0 atom stereocenters. The third-order valence-electron chi connectivity index (χ3n) is 4.65. The van der Waals surface area contributed by atoms with Gasteiger partial charge in [-0.15, -0.1) is 0 Å². The lowest BCUT2D eigenvalue weighted by Crippen LogP contribution is -2.38. The minimum Gasteiger partial charge on any atom is -0.395 e. The maximum absolute atomic E-state index is 9.39. The zero-order valence-electron chi connectivity index (χ0n) is 13.6. The predicted molar refractivity (Wildman–Crippen MR) is 86.8 cm³/mol. The first-order chi connectivity index (χ1) is 10.7. The van der Waals surface area contributed by atoms with Gasteiger partial charge in [-0.2, -0.15) is 0 Å². The van der Waals surface area contributed by atoms with Gasteiger partial charge in [-0.3, -0.25) is 9.30 Å². The molecule has 3 rings (SSSR count). The normalized spacial score (nSPS) is 16.7. The number of fused-ring (bicyclic) bond motifs is 1. The highest BCUT2D eigenvalue weighted by Crippen LogP contribution is 2.24. The molecule has 1 N–H and O–H groups in total. The second kappa shape index (κ2) is 6.75. The summed E-state index contributed by atoms with van der Waals surface area (Å²) in [7, 11) is 0. The molecule has 0 amide bonds. The number of rotatable bonds is 5. The summed E-state index contributed by atoms with van der Waals surface area (Å²) in [4.78, 5) is 11.6. The maximum Gasteiger partial charge on any atom is 0.234 e. The highest BCUT2D eigenvalue weighted by molar-refractivity contribution is 5.34. The number of aryl methyl sites for hydroxylation is 2. The number of aliphatic hydroxyl groups is 1. The van der Waals surface area contributed by atoms with Crippen molar-refractivity contribution in [2.24, 2.45) is 0 Å². The molecule has 2 aromatic rings. The topological polar surface area (TPSA) is 53.7 Å². The van der Waals surface area contributed by atoms with Crippen molar-refractivity contribution in [2.75, 3.05) is 13.2 Å². The molecule has 0 bridgehead atoms. The lowest BCUT2D eigenvalue weighted by Gasteiger charge is -2.33. The molecule has 0 aromatic carbocycles. The molecule has 1 saturated carbocycles. The lowest BCUT2D eigenvalue weighted by molar-refractivity contribution is 0.116. The van der Waals surface area contributed by atoms with Crippen LogP contribution in [0.3, 0.4) is 0 Å². The minimum atomic E-state index is 0.209. The fraction of sp³-hybridized carbons (Fsp3) is 0.647. The Labute approximate surface area is 132 Å². The Morgan fingerprint density at radius 2 is 2.00 bits per heavy atom. The molecule has 0 unspecified atom stereocenters. The van der Waals surface area contributed by atoms with Gasteiger partial charge in [0.25, 0.3) is 0 Å². The second-order valence-electron chi connectivity index (χ2n) is 6.43. The Kier molecular flexibility index (Phi) is 4.74. The van der Waals surface area contributed by atoms with Crippen LogP contribution < -0.4 is 0 Å². The summed E-state index contributed by atoms with van der Waals surface area (Å²) in [5.74, 6) is 0.778. The number of hydrogen-bond donors (Lipinski definition) is 1. The zero-order valence-corrected chi connectivity index (χ0v) is 13.6. The Morgan fingerprint density at radius 1 is 1.23 bits per heavy atom. The van der Waals surface area contributed by atoms with Crippen molar-refractivity contribution in [1.29, 1.82) is 0 Å². The Morgan fingerprint density at radius 3 is 2.73 bits per heavy atom. The molecule has 1 aliphatic rings. The highest BCUT2D eigenvalue weighted by atomic mass is 16.3. The quantitative estimate of drug-likeness (QED) is 0.922. The van der Waals surface area contributed by atoms with E-state index in [1.807, 2.05) is 6.92 Å². The van der Waals surface area contributed by atoms with Crippen LogP contribution in [-0.2, 0) is 6.54 Å². The zero-order chi connectivity index (χ0) is 15.5. The van der Waals surface area contributed by atoms with Crippen molar-refractivity contribution in [3.05, 3.63) is 29.3 Å². The van der Waals surface area contributed by atoms with Crippen LogP contribution >= 0.6 is 0 Å². The van der Waals surface area contributed by atoms with Crippen molar-refractivity contribution >= 4 is 5.78 Å². The van der Waals surface area contributed by atoms with Crippen LogP contribution in [0.25, 0.3) is 5.78 Å². The summed E-state index contributed by atoms with van der Waals surface area (Å²) in [6.45, 7) is 5.82. The molecule has 0 aliphatic heterocycles. The van der Waals surface area contributed by atoms with E-state index in [0.29, 0.717) is 6.04 Å². The van der Waals surface area contributed by atoms with E-state index in [2.05, 4.69) is 38.5 Å². The van der Waals surface area contributed by atoms with Gasteiger partial charge in [-0.25, -0.2) is 9.97 Å². The van der Waals surface area contributed by atoms with Gasteiger partial charge in [-0.1, -0.05) is 19.3 Å². The Hall–Kier alpha value is -1.46. The van der Waals surface area contributed by atoms with E-state index in [-0.39, 0.29) is 6.61 Å². The van der Waals surface area contributed by atoms with Crippen molar-refractivity contribution < 1.29 is 5.11 Å². The van der Waals surface area contributed by atoms with Gasteiger partial charge in [0.1, 0.15) is 0 Å². The van der Waals surface area contributed by atoms with E-state index >= 15 is 0 Å². The van der Waals surface area contributed by atoms with E-state index in [1.165, 1.54) is 32.1 Å². The van der Waals surface area contributed by atoms with Gasteiger partial charge in [0.15, 0.2) is 0 Å². The number of imidazole rings is 1. The molecule has 0 saturated heterocycles. The SMILES string of the molecule is Cc1cc(C)n2cc(CN(CCO)C3CCCCC3)nc2n1. The van der Waals surface area contributed by atoms with Crippen LogP contribution in [0.15, 0.2) is 12.3 Å². The molecule has 0 spiro atoms. The van der Waals surface area contributed by atoms with Crippen LogP contribution in [-0.4, -0.2) is 43.6 Å². The van der Waals surface area contributed by atoms with Crippen LogP contribution in [0, 0.1) is 13.8 Å². The molecule has 22 heavy (non-hydrogen) atoms. The van der Waals surface area contributed by atoms with Gasteiger partial charge in [-0.05, 0) is 32.8 Å². The van der Waals surface area contributed by atoms with Gasteiger partial charge < -0.3 is 5.11 Å². The summed E-state index contributed by atoms with van der Waals surface area (Å²) in [5, 5.41) is 9.39. The van der Waals surface area contributed by atoms with E-state index < -0.39 is 0 Å². The van der Waals surface area contributed by atoms with E-state index in [9.17, 15) is 5.11 Å². The summed E-state index contributed by atoms with van der Waals surface area (Å²) in [6.07, 6.45) is 8.52. The molecule has 1 aliphatic carbocycles. The largest absolute Gasteiger partial charge is 0.395 e. The first-order valence-corrected chi connectivity index (χ1v) is 8.34. The molecule has 5 nitrogen and oxygen atoms in total. The van der Waals surface area contributed by atoms with Crippen LogP contribution in [0.5, 0.6) is 0 Å². The minimum absolute atomic E-state index is 0.209. The van der Waals surface area contributed by atoms with E-state index in [1.54, 1.807) is 0 Å². The van der Waals surface area contributed by atoms with Crippen LogP contribution in [0.4, 0.5) is 0 Å². The van der Waals surface area contributed by atoms with Crippen LogP contribution in [0.2, 0.25) is 0 Å². The monoisotopic (exact) mass is 302 g/mol. The average molecular weight is 302 g/mol. The first kappa shape index (κ1) is 15.4. The third-order valence-corrected chi connectivity index (χ3v) is 4.65. The summed E-state index contributed by atoms with van der Waals surface area (Å²) in [6, 6.07) is 2.66. The Bertz CT molecular complexity index is 631. The molecule has 2 heterocycles. The lowest BCUT2D eigenvalue weighted by atomic mass is 9.94. The number of aromatic nitrogens is 3. The van der Waals surface area contributed by atoms with E-state index in [0.717, 1.165) is 35.9 Å². The van der Waals surface area contributed by atoms with Gasteiger partial charge in [0.05, 0.1) is 12.3 Å². The number of aliphatic hydroxyl groups excluding tert-OH is 1. The fourth-order valence-electron chi connectivity index (χ4n) is 3.57. The Balaban J connectivity index is 1.81. The predicted octanol–water partition coefficient (Wildman–Crippen LogP) is 2.47. The fourth-order valence-corrected chi connectivity index (χ4v) is 3.57. The van der Waals surface area contributed by atoms with Gasteiger partial charge in [0.2, 0.25) is 5.78 Å². The maximum atomic E-state index is 9.39. The van der Waals surface area contributed by atoms with Gasteiger partial charge >= 0.3 is 0 Å². The smallest absolute Gasteiger partial charge is 0.234 e. The van der Waals surface area contributed by atoms with Crippen molar-refractivity contribution in [3.63, 3.8) is 0 Å². The van der Waals surface area contributed by atoms with Crippen molar-refractivity contribution in [3.8, 4) is 0 Å². The van der Waals surface area contributed by atoms with Crippen molar-refractivity contribution in [2.45, 2.75) is 58.5 Å². The second-order valence-corrected chi connectivity index (χ2v) is 6.43. The molecule has 2 aromatic heterocycles. The number of nitrogens with zero attached hydrogens (tertiary/aromatic N) is 4. The van der Waals surface area contributed by atoms with Gasteiger partial charge in [0, 0.05) is 36.7 Å². The molecular weight excluding hydrogens is 276 g/mol. The molecule has 0 radical (unpaired) electrons. The standard InChI is InChI=1S/C17H26N4O/c1-13-10-14(2)21-12-15(19-17(21)18-13)11-20(8-9-22)16-6-4-3-5-7-16/h10,12,16,22H,3-9,11H2,1-2H3. The summed E-state index contributed by atoms with van der Waals surface area (Å²) < 4.78 is 2.06. The highest BCUT2D eigenvalue weighted by Gasteiger charge is 2.21. The molecule has 1 fully saturated rings. The number of hydrogen-bond acceptors (Lipinski definition) is 4.